The van der Waals surface area contributed by atoms with Crippen LogP contribution < -0.4 is 5.32 Å². The zero-order chi connectivity index (χ0) is 15.1. The molecule has 1 saturated heterocycles. The summed E-state index contributed by atoms with van der Waals surface area (Å²) in [6.45, 7) is 4.30. The van der Waals surface area contributed by atoms with Gasteiger partial charge in [-0.05, 0) is 31.6 Å². The molecule has 22 heavy (non-hydrogen) atoms. The van der Waals surface area contributed by atoms with Crippen LogP contribution in [-0.4, -0.2) is 41.1 Å². The number of likely N-dealkylation sites (tertiary alicyclic amines) is 1. The predicted octanol–water partition coefficient (Wildman–Crippen LogP) is 2.54. The van der Waals surface area contributed by atoms with Crippen molar-refractivity contribution in [1.82, 2.24) is 15.4 Å². The molecule has 4 rings (SSSR count). The van der Waals surface area contributed by atoms with E-state index in [1.807, 2.05) is 6.07 Å². The van der Waals surface area contributed by atoms with Gasteiger partial charge in [-0.15, -0.1) is 0 Å². The van der Waals surface area contributed by atoms with Crippen LogP contribution in [0.5, 0.6) is 0 Å². The maximum absolute atomic E-state index is 12.4. The average molecular weight is 303 g/mol. The highest BCUT2D eigenvalue weighted by atomic mass is 16.5. The number of carbonyl (C=O) groups excluding carboxylic acids is 1. The molecule has 0 spiro atoms. The summed E-state index contributed by atoms with van der Waals surface area (Å²) < 4.78 is 5.41. The van der Waals surface area contributed by atoms with Gasteiger partial charge < -0.3 is 9.84 Å². The molecule has 1 amide bonds. The van der Waals surface area contributed by atoms with E-state index in [2.05, 4.69) is 22.3 Å². The summed E-state index contributed by atoms with van der Waals surface area (Å²) >= 11 is 0. The first kappa shape index (κ1) is 14.2. The minimum Gasteiger partial charge on any atom is -0.360 e. The molecule has 2 saturated carbocycles. The lowest BCUT2D eigenvalue weighted by atomic mass is 10.0. The van der Waals surface area contributed by atoms with Crippen LogP contribution in [0, 0.1) is 5.92 Å². The fraction of sp³-hybridized carbons (Fsp3) is 0.765. The standard InChI is InChI=1S/C17H25N3O2/c1-11-9-20(13-6-7-13)10-15(11)18-17(21)14-8-16(22-19-14)12-4-2-3-5-12/h8,11-13,15H,2-7,9-10H2,1H3,(H,18,21). The zero-order valence-corrected chi connectivity index (χ0v) is 13.3. The number of carbonyl (C=O) groups is 1. The third kappa shape index (κ3) is 2.78. The summed E-state index contributed by atoms with van der Waals surface area (Å²) in [4.78, 5) is 14.9. The number of hydrogen-bond acceptors (Lipinski definition) is 4. The van der Waals surface area contributed by atoms with Gasteiger partial charge in [0.1, 0.15) is 5.76 Å². The lowest BCUT2D eigenvalue weighted by Gasteiger charge is -2.16. The molecule has 1 aromatic heterocycles. The average Bonchev–Trinajstić information content (AvgIpc) is 2.94. The second kappa shape index (κ2) is 5.69. The van der Waals surface area contributed by atoms with Crippen molar-refractivity contribution in [1.29, 1.82) is 0 Å². The molecule has 0 bridgehead atoms. The smallest absolute Gasteiger partial charge is 0.273 e. The minimum atomic E-state index is -0.0810. The fourth-order valence-electron chi connectivity index (χ4n) is 3.97. The van der Waals surface area contributed by atoms with E-state index in [0.717, 1.165) is 37.7 Å². The summed E-state index contributed by atoms with van der Waals surface area (Å²) in [6.07, 6.45) is 7.47. The van der Waals surface area contributed by atoms with Gasteiger partial charge in [0.25, 0.3) is 5.91 Å². The third-order valence-corrected chi connectivity index (χ3v) is 5.54. The normalized spacial score (nSPS) is 30.0. The van der Waals surface area contributed by atoms with Crippen LogP contribution in [-0.2, 0) is 0 Å². The maximum Gasteiger partial charge on any atom is 0.273 e. The second-order valence-corrected chi connectivity index (χ2v) is 7.34. The van der Waals surface area contributed by atoms with Crippen LogP contribution in [0.4, 0.5) is 0 Å². The quantitative estimate of drug-likeness (QED) is 0.928. The molecule has 120 valence electrons. The van der Waals surface area contributed by atoms with Gasteiger partial charge in [0.2, 0.25) is 0 Å². The highest BCUT2D eigenvalue weighted by molar-refractivity contribution is 5.92. The van der Waals surface area contributed by atoms with Crippen molar-refractivity contribution in [2.24, 2.45) is 5.92 Å². The lowest BCUT2D eigenvalue weighted by molar-refractivity contribution is 0.0922. The van der Waals surface area contributed by atoms with Crippen molar-refractivity contribution in [2.45, 2.75) is 63.5 Å². The molecule has 5 heteroatoms. The summed E-state index contributed by atoms with van der Waals surface area (Å²) in [5.74, 6) is 1.78. The largest absolute Gasteiger partial charge is 0.360 e. The Hall–Kier alpha value is -1.36. The van der Waals surface area contributed by atoms with Crippen LogP contribution in [0.3, 0.4) is 0 Å². The van der Waals surface area contributed by atoms with E-state index in [0.29, 0.717) is 17.5 Å². The van der Waals surface area contributed by atoms with Gasteiger partial charge in [0.05, 0.1) is 0 Å². The van der Waals surface area contributed by atoms with Crippen LogP contribution in [0.1, 0.15) is 67.6 Å². The molecule has 1 aromatic rings. The number of nitrogens with one attached hydrogen (secondary N) is 1. The van der Waals surface area contributed by atoms with Crippen molar-refractivity contribution >= 4 is 5.91 Å². The topological polar surface area (TPSA) is 58.4 Å². The monoisotopic (exact) mass is 303 g/mol. The molecule has 2 unspecified atom stereocenters. The molecule has 0 radical (unpaired) electrons. The molecule has 3 aliphatic rings. The Bertz CT molecular complexity index is 546. The molecule has 2 aliphatic carbocycles. The SMILES string of the molecule is CC1CN(C2CC2)CC1NC(=O)c1cc(C2CCCC2)on1. The summed E-state index contributed by atoms with van der Waals surface area (Å²) in [5.41, 5.74) is 0.443. The van der Waals surface area contributed by atoms with Gasteiger partial charge >= 0.3 is 0 Å². The highest BCUT2D eigenvalue weighted by Crippen LogP contribution is 2.34. The van der Waals surface area contributed by atoms with Gasteiger partial charge in [-0.1, -0.05) is 24.9 Å². The molecule has 3 fully saturated rings. The fourth-order valence-corrected chi connectivity index (χ4v) is 3.97. The Morgan fingerprint density at radius 2 is 2.05 bits per heavy atom. The Labute approximate surface area is 131 Å². The first-order chi connectivity index (χ1) is 10.7. The molecule has 2 atom stereocenters. The van der Waals surface area contributed by atoms with Gasteiger partial charge in [-0.2, -0.15) is 0 Å². The van der Waals surface area contributed by atoms with Gasteiger partial charge in [-0.3, -0.25) is 9.69 Å². The van der Waals surface area contributed by atoms with Gasteiger partial charge in [0.15, 0.2) is 5.69 Å². The number of aromatic nitrogens is 1. The predicted molar refractivity (Wildman–Crippen MR) is 82.7 cm³/mol. The minimum absolute atomic E-state index is 0.0810. The summed E-state index contributed by atoms with van der Waals surface area (Å²) in [5, 5.41) is 7.15. The maximum atomic E-state index is 12.4. The third-order valence-electron chi connectivity index (χ3n) is 5.54. The van der Waals surface area contributed by atoms with Crippen molar-refractivity contribution in [3.63, 3.8) is 0 Å². The van der Waals surface area contributed by atoms with E-state index >= 15 is 0 Å². The number of rotatable bonds is 4. The Balaban J connectivity index is 1.37. The molecule has 1 N–H and O–H groups in total. The highest BCUT2D eigenvalue weighted by Gasteiger charge is 2.39. The van der Waals surface area contributed by atoms with E-state index < -0.39 is 0 Å². The molecule has 5 nitrogen and oxygen atoms in total. The molecule has 2 heterocycles. The Morgan fingerprint density at radius 1 is 1.27 bits per heavy atom. The number of nitrogens with zero attached hydrogens (tertiary/aromatic N) is 2. The van der Waals surface area contributed by atoms with Gasteiger partial charge in [0, 0.05) is 37.2 Å². The molecule has 0 aromatic carbocycles. The van der Waals surface area contributed by atoms with Crippen molar-refractivity contribution in [2.75, 3.05) is 13.1 Å². The van der Waals surface area contributed by atoms with Crippen LogP contribution in [0.15, 0.2) is 10.6 Å². The van der Waals surface area contributed by atoms with E-state index in [1.165, 1.54) is 25.7 Å². The Kier molecular flexibility index (Phi) is 3.68. The first-order valence-electron chi connectivity index (χ1n) is 8.72. The van der Waals surface area contributed by atoms with Crippen LogP contribution >= 0.6 is 0 Å². The summed E-state index contributed by atoms with van der Waals surface area (Å²) in [7, 11) is 0. The zero-order valence-electron chi connectivity index (χ0n) is 13.3. The van der Waals surface area contributed by atoms with E-state index in [9.17, 15) is 4.79 Å². The van der Waals surface area contributed by atoms with Crippen molar-refractivity contribution < 1.29 is 9.32 Å². The van der Waals surface area contributed by atoms with Crippen molar-refractivity contribution in [3.05, 3.63) is 17.5 Å². The molecular formula is C17H25N3O2. The first-order valence-corrected chi connectivity index (χ1v) is 8.72. The molecular weight excluding hydrogens is 278 g/mol. The number of hydrogen-bond donors (Lipinski definition) is 1. The van der Waals surface area contributed by atoms with E-state index in [4.69, 9.17) is 4.52 Å². The Morgan fingerprint density at radius 3 is 2.77 bits per heavy atom. The lowest BCUT2D eigenvalue weighted by Crippen LogP contribution is -2.40. The second-order valence-electron chi connectivity index (χ2n) is 7.34. The molecule has 1 aliphatic heterocycles. The van der Waals surface area contributed by atoms with Gasteiger partial charge in [-0.25, -0.2) is 0 Å². The van der Waals surface area contributed by atoms with Crippen LogP contribution in [0.2, 0.25) is 0 Å². The van der Waals surface area contributed by atoms with Crippen molar-refractivity contribution in [3.8, 4) is 0 Å². The van der Waals surface area contributed by atoms with E-state index in [-0.39, 0.29) is 11.9 Å². The summed E-state index contributed by atoms with van der Waals surface area (Å²) in [6, 6.07) is 2.86. The van der Waals surface area contributed by atoms with E-state index in [1.54, 1.807) is 0 Å². The van der Waals surface area contributed by atoms with Crippen LogP contribution in [0.25, 0.3) is 0 Å². The number of amides is 1.